The van der Waals surface area contributed by atoms with E-state index in [1.54, 1.807) is 12.3 Å². The molecule has 3 rings (SSSR count). The highest BCUT2D eigenvalue weighted by molar-refractivity contribution is 5.86. The van der Waals surface area contributed by atoms with Gasteiger partial charge in [0.05, 0.1) is 19.2 Å². The molecule has 3 aromatic rings. The van der Waals surface area contributed by atoms with Crippen molar-refractivity contribution in [1.82, 2.24) is 10.6 Å². The first-order chi connectivity index (χ1) is 12.7. The number of hydrogen-bond acceptors (Lipinski definition) is 3. The lowest BCUT2D eigenvalue weighted by molar-refractivity contribution is -0.126. The Hall–Kier alpha value is -3.34. The first-order valence-corrected chi connectivity index (χ1v) is 8.41. The number of nitrogens with one attached hydrogen (secondary N) is 2. The van der Waals surface area contributed by atoms with E-state index in [0.717, 1.165) is 11.1 Å². The van der Waals surface area contributed by atoms with Crippen LogP contribution >= 0.6 is 0 Å². The second kappa shape index (κ2) is 8.67. The molecular weight excluding hydrogens is 328 g/mol. The van der Waals surface area contributed by atoms with E-state index in [-0.39, 0.29) is 24.8 Å². The summed E-state index contributed by atoms with van der Waals surface area (Å²) in [4.78, 5) is 24.3. The summed E-state index contributed by atoms with van der Waals surface area (Å²) in [6.45, 7) is -0.0876. The van der Waals surface area contributed by atoms with Gasteiger partial charge in [0.15, 0.2) is 0 Å². The third kappa shape index (κ3) is 4.83. The molecule has 0 spiro atoms. The first-order valence-electron chi connectivity index (χ1n) is 8.41. The number of rotatable bonds is 7. The molecule has 1 heterocycles. The molecule has 2 N–H and O–H groups in total. The van der Waals surface area contributed by atoms with Gasteiger partial charge in [-0.15, -0.1) is 0 Å². The van der Waals surface area contributed by atoms with Crippen LogP contribution in [0.3, 0.4) is 0 Å². The second-order valence-corrected chi connectivity index (χ2v) is 5.87. The van der Waals surface area contributed by atoms with Crippen molar-refractivity contribution in [3.8, 4) is 0 Å². The summed E-state index contributed by atoms with van der Waals surface area (Å²) in [5.41, 5.74) is 1.81. The van der Waals surface area contributed by atoms with E-state index in [1.807, 2.05) is 66.7 Å². The fourth-order valence-electron chi connectivity index (χ4n) is 2.65. The van der Waals surface area contributed by atoms with Crippen LogP contribution in [0, 0.1) is 0 Å². The maximum atomic E-state index is 12.3. The van der Waals surface area contributed by atoms with E-state index in [4.69, 9.17) is 4.42 Å². The van der Waals surface area contributed by atoms with Crippen LogP contribution in [0.4, 0.5) is 0 Å². The van der Waals surface area contributed by atoms with Gasteiger partial charge in [-0.2, -0.15) is 0 Å². The van der Waals surface area contributed by atoms with Crippen LogP contribution in [0.2, 0.25) is 0 Å². The number of carbonyl (C=O) groups excluding carboxylic acids is 2. The smallest absolute Gasteiger partial charge is 0.240 e. The number of furan rings is 1. The number of hydrogen-bond donors (Lipinski definition) is 2. The zero-order chi connectivity index (χ0) is 18.2. The van der Waals surface area contributed by atoms with E-state index in [0.29, 0.717) is 5.76 Å². The fourth-order valence-corrected chi connectivity index (χ4v) is 2.65. The van der Waals surface area contributed by atoms with E-state index >= 15 is 0 Å². The Morgan fingerprint density at radius 1 is 0.846 bits per heavy atom. The fraction of sp³-hybridized carbons (Fsp3) is 0.143. The van der Waals surface area contributed by atoms with Crippen LogP contribution in [-0.4, -0.2) is 18.4 Å². The van der Waals surface area contributed by atoms with Crippen LogP contribution in [-0.2, 0) is 16.0 Å². The highest BCUT2D eigenvalue weighted by Crippen LogP contribution is 2.22. The molecule has 0 aliphatic heterocycles. The highest BCUT2D eigenvalue weighted by atomic mass is 16.3. The average Bonchev–Trinajstić information content (AvgIpc) is 3.20. The van der Waals surface area contributed by atoms with Crippen LogP contribution in [0.1, 0.15) is 22.9 Å². The zero-order valence-electron chi connectivity index (χ0n) is 14.2. The predicted octanol–water partition coefficient (Wildman–Crippen LogP) is 2.84. The van der Waals surface area contributed by atoms with Gasteiger partial charge in [0.25, 0.3) is 0 Å². The van der Waals surface area contributed by atoms with Crippen molar-refractivity contribution in [3.05, 3.63) is 95.9 Å². The minimum absolute atomic E-state index is 0.0876. The van der Waals surface area contributed by atoms with Crippen molar-refractivity contribution in [3.63, 3.8) is 0 Å². The van der Waals surface area contributed by atoms with Crippen molar-refractivity contribution < 1.29 is 14.0 Å². The highest BCUT2D eigenvalue weighted by Gasteiger charge is 2.19. The predicted molar refractivity (Wildman–Crippen MR) is 98.3 cm³/mol. The molecule has 26 heavy (non-hydrogen) atoms. The summed E-state index contributed by atoms with van der Waals surface area (Å²) in [5.74, 6) is 0.164. The standard InChI is InChI=1S/C21H20N2O3/c24-19(14-16-8-3-1-4-9-16)22-15-20(25)23-21(18-12-7-13-26-18)17-10-5-2-6-11-17/h1-13,21H,14-15H2,(H,22,24)(H,23,25). The van der Waals surface area contributed by atoms with Gasteiger partial charge >= 0.3 is 0 Å². The SMILES string of the molecule is O=C(Cc1ccccc1)NCC(=O)NC(c1ccccc1)c1ccco1. The van der Waals surface area contributed by atoms with Crippen molar-refractivity contribution in [2.24, 2.45) is 0 Å². The summed E-state index contributed by atoms with van der Waals surface area (Å²) in [5, 5.41) is 5.56. The maximum Gasteiger partial charge on any atom is 0.240 e. The van der Waals surface area contributed by atoms with E-state index < -0.39 is 6.04 Å². The molecule has 5 heteroatoms. The van der Waals surface area contributed by atoms with Crippen LogP contribution in [0.25, 0.3) is 0 Å². The second-order valence-electron chi connectivity index (χ2n) is 5.87. The Bertz CT molecular complexity index is 830. The van der Waals surface area contributed by atoms with Gasteiger partial charge < -0.3 is 15.1 Å². The molecule has 0 radical (unpaired) electrons. The van der Waals surface area contributed by atoms with Crippen molar-refractivity contribution in [1.29, 1.82) is 0 Å². The van der Waals surface area contributed by atoms with Crippen LogP contribution in [0.15, 0.2) is 83.5 Å². The first kappa shape index (κ1) is 17.5. The normalized spacial score (nSPS) is 11.5. The molecule has 2 amide bonds. The molecular formula is C21H20N2O3. The van der Waals surface area contributed by atoms with Gasteiger partial charge in [-0.1, -0.05) is 60.7 Å². The van der Waals surface area contributed by atoms with E-state index in [2.05, 4.69) is 10.6 Å². The molecule has 1 unspecified atom stereocenters. The van der Waals surface area contributed by atoms with Gasteiger partial charge in [0.1, 0.15) is 11.8 Å². The average molecular weight is 348 g/mol. The lowest BCUT2D eigenvalue weighted by Gasteiger charge is -2.17. The molecule has 0 bridgehead atoms. The summed E-state index contributed by atoms with van der Waals surface area (Å²) in [6, 6.07) is 22.1. The Morgan fingerprint density at radius 3 is 2.19 bits per heavy atom. The minimum atomic E-state index is -0.398. The molecule has 0 fully saturated rings. The van der Waals surface area contributed by atoms with Gasteiger partial charge in [-0.25, -0.2) is 0 Å². The summed E-state index contributed by atoms with van der Waals surface area (Å²) in [7, 11) is 0. The van der Waals surface area contributed by atoms with Gasteiger partial charge in [-0.3, -0.25) is 9.59 Å². The number of amides is 2. The topological polar surface area (TPSA) is 71.3 Å². The Labute approximate surface area is 152 Å². The van der Waals surface area contributed by atoms with E-state index in [9.17, 15) is 9.59 Å². The van der Waals surface area contributed by atoms with E-state index in [1.165, 1.54) is 0 Å². The Morgan fingerprint density at radius 2 is 1.54 bits per heavy atom. The van der Waals surface area contributed by atoms with Crippen molar-refractivity contribution in [2.75, 3.05) is 6.54 Å². The molecule has 0 saturated heterocycles. The zero-order valence-corrected chi connectivity index (χ0v) is 14.2. The molecule has 2 aromatic carbocycles. The minimum Gasteiger partial charge on any atom is -0.467 e. The number of benzene rings is 2. The largest absolute Gasteiger partial charge is 0.467 e. The molecule has 132 valence electrons. The monoisotopic (exact) mass is 348 g/mol. The Kier molecular flexibility index (Phi) is 5.83. The summed E-state index contributed by atoms with van der Waals surface area (Å²) >= 11 is 0. The van der Waals surface area contributed by atoms with Crippen LogP contribution < -0.4 is 10.6 Å². The quantitative estimate of drug-likeness (QED) is 0.690. The Balaban J connectivity index is 1.57. The van der Waals surface area contributed by atoms with Gasteiger partial charge in [0, 0.05) is 0 Å². The molecule has 0 aliphatic carbocycles. The van der Waals surface area contributed by atoms with Gasteiger partial charge in [-0.05, 0) is 23.3 Å². The van der Waals surface area contributed by atoms with Crippen molar-refractivity contribution >= 4 is 11.8 Å². The lowest BCUT2D eigenvalue weighted by Crippen LogP contribution is -2.39. The number of carbonyl (C=O) groups is 2. The molecule has 0 aliphatic rings. The summed E-state index contributed by atoms with van der Waals surface area (Å²) < 4.78 is 5.45. The van der Waals surface area contributed by atoms with Gasteiger partial charge in [0.2, 0.25) is 11.8 Å². The maximum absolute atomic E-state index is 12.3. The molecule has 1 atom stereocenters. The molecule has 0 saturated carbocycles. The molecule has 1 aromatic heterocycles. The lowest BCUT2D eigenvalue weighted by atomic mass is 10.0. The third-order valence-corrected chi connectivity index (χ3v) is 3.92. The third-order valence-electron chi connectivity index (χ3n) is 3.92. The molecule has 5 nitrogen and oxygen atoms in total. The van der Waals surface area contributed by atoms with Crippen molar-refractivity contribution in [2.45, 2.75) is 12.5 Å². The summed E-state index contributed by atoms with van der Waals surface area (Å²) in [6.07, 6.45) is 1.81. The van der Waals surface area contributed by atoms with Crippen LogP contribution in [0.5, 0.6) is 0 Å².